The molecule has 1 heterocycles. The first-order chi connectivity index (χ1) is 10.5. The zero-order valence-electron chi connectivity index (χ0n) is 11.8. The highest BCUT2D eigenvalue weighted by Gasteiger charge is 2.16. The molecule has 22 heavy (non-hydrogen) atoms. The van der Waals surface area contributed by atoms with E-state index in [1.54, 1.807) is 29.6 Å². The maximum Gasteiger partial charge on any atom is 0.313 e. The number of carbonyl (C=O) groups is 2. The van der Waals surface area contributed by atoms with Crippen molar-refractivity contribution in [1.29, 1.82) is 0 Å². The Morgan fingerprint density at radius 1 is 1.32 bits per heavy atom. The number of aliphatic hydroxyl groups excluding tert-OH is 1. The van der Waals surface area contributed by atoms with Crippen LogP contribution in [-0.2, 0) is 9.59 Å². The lowest BCUT2D eigenvalue weighted by molar-refractivity contribution is -0.136. The first-order valence-electron chi connectivity index (χ1n) is 6.53. The minimum Gasteiger partial charge on any atom is -0.387 e. The quantitative estimate of drug-likeness (QED) is 0.749. The van der Waals surface area contributed by atoms with E-state index in [-0.39, 0.29) is 6.54 Å². The molecule has 7 heteroatoms. The molecule has 0 saturated heterocycles. The van der Waals surface area contributed by atoms with Crippen LogP contribution in [-0.4, -0.2) is 23.5 Å². The molecular formula is C15H15ClN2O3S. The third kappa shape index (κ3) is 4.30. The van der Waals surface area contributed by atoms with Gasteiger partial charge < -0.3 is 15.7 Å². The summed E-state index contributed by atoms with van der Waals surface area (Å²) in [6, 6.07) is 6.74. The number of carbonyl (C=O) groups excluding carboxylic acids is 2. The van der Waals surface area contributed by atoms with Gasteiger partial charge in [0.25, 0.3) is 0 Å². The van der Waals surface area contributed by atoms with Crippen LogP contribution in [0.15, 0.2) is 35.0 Å². The molecule has 5 nitrogen and oxygen atoms in total. The summed E-state index contributed by atoms with van der Waals surface area (Å²) in [5.41, 5.74) is 2.02. The van der Waals surface area contributed by atoms with Crippen molar-refractivity contribution in [2.75, 3.05) is 11.9 Å². The van der Waals surface area contributed by atoms with Gasteiger partial charge in [0.2, 0.25) is 0 Å². The van der Waals surface area contributed by atoms with Gasteiger partial charge in [-0.1, -0.05) is 17.7 Å². The number of aryl methyl sites for hydroxylation is 1. The Kier molecular flexibility index (Phi) is 5.54. The second-order valence-electron chi connectivity index (χ2n) is 4.70. The number of aliphatic hydroxyl groups is 1. The van der Waals surface area contributed by atoms with E-state index in [0.29, 0.717) is 16.3 Å². The van der Waals surface area contributed by atoms with Crippen molar-refractivity contribution < 1.29 is 14.7 Å². The van der Waals surface area contributed by atoms with E-state index in [4.69, 9.17) is 11.6 Å². The summed E-state index contributed by atoms with van der Waals surface area (Å²) >= 11 is 7.40. The van der Waals surface area contributed by atoms with Crippen molar-refractivity contribution >= 4 is 40.4 Å². The predicted molar refractivity (Wildman–Crippen MR) is 87.1 cm³/mol. The Morgan fingerprint density at radius 2 is 2.09 bits per heavy atom. The highest BCUT2D eigenvalue weighted by Crippen LogP contribution is 2.20. The fraction of sp³-hybridized carbons (Fsp3) is 0.200. The predicted octanol–water partition coefficient (Wildman–Crippen LogP) is 2.50. The van der Waals surface area contributed by atoms with Gasteiger partial charge in [-0.3, -0.25) is 9.59 Å². The summed E-state index contributed by atoms with van der Waals surface area (Å²) in [4.78, 5) is 23.5. The smallest absolute Gasteiger partial charge is 0.313 e. The van der Waals surface area contributed by atoms with Crippen LogP contribution in [0.25, 0.3) is 0 Å². The van der Waals surface area contributed by atoms with Gasteiger partial charge in [-0.2, -0.15) is 11.3 Å². The summed E-state index contributed by atoms with van der Waals surface area (Å²) < 4.78 is 0. The summed E-state index contributed by atoms with van der Waals surface area (Å²) in [6.07, 6.45) is -0.836. The highest BCUT2D eigenvalue weighted by atomic mass is 35.5. The van der Waals surface area contributed by atoms with Crippen molar-refractivity contribution in [2.24, 2.45) is 0 Å². The molecule has 0 bridgehead atoms. The highest BCUT2D eigenvalue weighted by molar-refractivity contribution is 7.07. The lowest BCUT2D eigenvalue weighted by Gasteiger charge is -2.11. The van der Waals surface area contributed by atoms with E-state index in [1.807, 2.05) is 12.3 Å². The van der Waals surface area contributed by atoms with Gasteiger partial charge >= 0.3 is 11.8 Å². The Bertz CT molecular complexity index is 673. The number of hydrogen-bond donors (Lipinski definition) is 3. The molecule has 0 fully saturated rings. The van der Waals surface area contributed by atoms with Gasteiger partial charge in [0.1, 0.15) is 0 Å². The van der Waals surface area contributed by atoms with Crippen LogP contribution in [0.1, 0.15) is 17.2 Å². The van der Waals surface area contributed by atoms with Crippen molar-refractivity contribution in [2.45, 2.75) is 13.0 Å². The van der Waals surface area contributed by atoms with Crippen molar-refractivity contribution in [3.05, 3.63) is 51.2 Å². The molecule has 0 saturated carbocycles. The number of anilines is 1. The summed E-state index contributed by atoms with van der Waals surface area (Å²) in [5.74, 6) is -1.62. The van der Waals surface area contributed by atoms with E-state index < -0.39 is 17.9 Å². The van der Waals surface area contributed by atoms with Crippen LogP contribution in [0.5, 0.6) is 0 Å². The Balaban J connectivity index is 1.86. The van der Waals surface area contributed by atoms with Crippen LogP contribution in [0, 0.1) is 6.92 Å². The third-order valence-electron chi connectivity index (χ3n) is 3.02. The number of hydrogen-bond acceptors (Lipinski definition) is 4. The number of nitrogens with one attached hydrogen (secondary N) is 2. The van der Waals surface area contributed by atoms with Crippen LogP contribution >= 0.6 is 22.9 Å². The number of benzene rings is 1. The van der Waals surface area contributed by atoms with Crippen molar-refractivity contribution in [3.63, 3.8) is 0 Å². The molecule has 3 N–H and O–H groups in total. The van der Waals surface area contributed by atoms with Gasteiger partial charge in [-0.25, -0.2) is 0 Å². The topological polar surface area (TPSA) is 78.4 Å². The van der Waals surface area contributed by atoms with Crippen molar-refractivity contribution in [1.82, 2.24) is 5.32 Å². The minimum absolute atomic E-state index is 0.0301. The largest absolute Gasteiger partial charge is 0.387 e. The molecule has 0 aliphatic carbocycles. The number of amides is 2. The van der Waals surface area contributed by atoms with Gasteiger partial charge in [0, 0.05) is 17.3 Å². The Labute approximate surface area is 136 Å². The van der Waals surface area contributed by atoms with Gasteiger partial charge in [0.05, 0.1) is 6.10 Å². The first kappa shape index (κ1) is 16.5. The average Bonchev–Trinajstić information content (AvgIpc) is 3.02. The number of rotatable bonds is 4. The molecule has 0 radical (unpaired) electrons. The SMILES string of the molecule is Cc1ccc(NC(=O)C(=O)NCC(O)c2ccsc2)cc1Cl. The molecule has 0 aliphatic rings. The van der Waals surface area contributed by atoms with E-state index in [0.717, 1.165) is 5.56 Å². The fourth-order valence-corrected chi connectivity index (χ4v) is 2.60. The number of halogens is 1. The zero-order chi connectivity index (χ0) is 16.1. The molecule has 1 aromatic heterocycles. The van der Waals surface area contributed by atoms with Gasteiger partial charge in [-0.15, -0.1) is 0 Å². The molecule has 116 valence electrons. The van der Waals surface area contributed by atoms with E-state index in [1.165, 1.54) is 11.3 Å². The second kappa shape index (κ2) is 7.40. The first-order valence-corrected chi connectivity index (χ1v) is 7.85. The number of thiophene rings is 1. The molecule has 0 spiro atoms. The van der Waals surface area contributed by atoms with E-state index in [2.05, 4.69) is 10.6 Å². The van der Waals surface area contributed by atoms with Crippen LogP contribution in [0.3, 0.4) is 0 Å². The van der Waals surface area contributed by atoms with E-state index in [9.17, 15) is 14.7 Å². The fourth-order valence-electron chi connectivity index (χ4n) is 1.71. The molecule has 2 rings (SSSR count). The molecule has 1 unspecified atom stereocenters. The molecule has 0 aliphatic heterocycles. The molecule has 2 amide bonds. The zero-order valence-corrected chi connectivity index (χ0v) is 13.4. The molecule has 1 atom stereocenters. The van der Waals surface area contributed by atoms with Crippen LogP contribution in [0.4, 0.5) is 5.69 Å². The second-order valence-corrected chi connectivity index (χ2v) is 5.89. The maximum atomic E-state index is 11.8. The van der Waals surface area contributed by atoms with E-state index >= 15 is 0 Å². The minimum atomic E-state index is -0.836. The Hall–Kier alpha value is -1.89. The monoisotopic (exact) mass is 338 g/mol. The summed E-state index contributed by atoms with van der Waals surface area (Å²) in [7, 11) is 0. The Morgan fingerprint density at radius 3 is 2.73 bits per heavy atom. The molecule has 1 aromatic carbocycles. The average molecular weight is 339 g/mol. The van der Waals surface area contributed by atoms with Gasteiger partial charge in [-0.05, 0) is 47.0 Å². The lowest BCUT2D eigenvalue weighted by Crippen LogP contribution is -2.37. The lowest BCUT2D eigenvalue weighted by atomic mass is 10.2. The normalized spacial score (nSPS) is 11.8. The summed E-state index contributed by atoms with van der Waals surface area (Å²) in [6.45, 7) is 1.81. The van der Waals surface area contributed by atoms with Crippen LogP contribution in [0.2, 0.25) is 5.02 Å². The summed E-state index contributed by atoms with van der Waals surface area (Å²) in [5, 5.41) is 18.8. The van der Waals surface area contributed by atoms with Crippen molar-refractivity contribution in [3.8, 4) is 0 Å². The van der Waals surface area contributed by atoms with Crippen LogP contribution < -0.4 is 10.6 Å². The van der Waals surface area contributed by atoms with Gasteiger partial charge in [0.15, 0.2) is 0 Å². The molecular weight excluding hydrogens is 324 g/mol. The maximum absolute atomic E-state index is 11.8. The third-order valence-corrected chi connectivity index (χ3v) is 4.13. The molecule has 2 aromatic rings. The standard InChI is InChI=1S/C15H15ClN2O3S/c1-9-2-3-11(6-12(9)16)18-15(21)14(20)17-7-13(19)10-4-5-22-8-10/h2-6,8,13,19H,7H2,1H3,(H,17,20)(H,18,21).